The highest BCUT2D eigenvalue weighted by molar-refractivity contribution is 5.80. The summed E-state index contributed by atoms with van der Waals surface area (Å²) in [6.45, 7) is 3.97. The first-order valence-electron chi connectivity index (χ1n) is 20.4. The monoisotopic (exact) mass is 720 g/mol. The van der Waals surface area contributed by atoms with Crippen molar-refractivity contribution in [2.75, 3.05) is 6.54 Å². The van der Waals surface area contributed by atoms with Gasteiger partial charge in [0.2, 0.25) is 5.91 Å². The number of hydrogen-bond donors (Lipinski definition) is 2. The van der Waals surface area contributed by atoms with E-state index in [1.807, 2.05) is 6.08 Å². The number of esters is 1. The summed E-state index contributed by atoms with van der Waals surface area (Å²) in [4.78, 5) is 34.9. The van der Waals surface area contributed by atoms with Crippen LogP contribution in [-0.4, -0.2) is 35.6 Å². The number of carboxylic acid groups (broad SMARTS) is 1. The fourth-order valence-corrected chi connectivity index (χ4v) is 5.30. The minimum atomic E-state index is -1.03. The summed E-state index contributed by atoms with van der Waals surface area (Å²) in [6, 6.07) is 0. The topological polar surface area (TPSA) is 92.7 Å². The highest BCUT2D eigenvalue weighted by Gasteiger charge is 2.11. The Morgan fingerprint density at radius 2 is 0.942 bits per heavy atom. The van der Waals surface area contributed by atoms with Crippen LogP contribution in [0.25, 0.3) is 0 Å². The van der Waals surface area contributed by atoms with Crippen LogP contribution in [0.2, 0.25) is 0 Å². The van der Waals surface area contributed by atoms with E-state index in [9.17, 15) is 14.4 Å². The molecule has 2 N–H and O–H groups in total. The van der Waals surface area contributed by atoms with Gasteiger partial charge in [-0.2, -0.15) is 0 Å². The van der Waals surface area contributed by atoms with Gasteiger partial charge in [0.1, 0.15) is 12.6 Å². The molecular weight excluding hydrogens is 647 g/mol. The first-order chi connectivity index (χ1) is 25.5. The van der Waals surface area contributed by atoms with Crippen molar-refractivity contribution in [2.45, 2.75) is 168 Å². The predicted molar refractivity (Wildman–Crippen MR) is 221 cm³/mol. The summed E-state index contributed by atoms with van der Waals surface area (Å²) in [5.74, 6) is -1.36. The maximum Gasteiger partial charge on any atom is 0.322 e. The van der Waals surface area contributed by atoms with Crippen LogP contribution in [0.5, 0.6) is 0 Å². The summed E-state index contributed by atoms with van der Waals surface area (Å²) in [7, 11) is 0. The van der Waals surface area contributed by atoms with Crippen molar-refractivity contribution >= 4 is 17.8 Å². The normalized spacial score (nSPS) is 13.1. The third-order valence-electron chi connectivity index (χ3n) is 8.24. The van der Waals surface area contributed by atoms with Gasteiger partial charge >= 0.3 is 11.9 Å². The van der Waals surface area contributed by atoms with E-state index < -0.39 is 5.97 Å². The van der Waals surface area contributed by atoms with Gasteiger partial charge in [-0.25, -0.2) is 0 Å². The van der Waals surface area contributed by atoms with Gasteiger partial charge in [0.05, 0.1) is 0 Å². The van der Waals surface area contributed by atoms with Gasteiger partial charge in [-0.3, -0.25) is 14.4 Å². The number of rotatable bonds is 35. The maximum atomic E-state index is 12.7. The Bertz CT molecular complexity index is 1110. The number of ether oxygens (including phenoxy) is 1. The zero-order chi connectivity index (χ0) is 38.0. The van der Waals surface area contributed by atoms with E-state index >= 15 is 0 Å². The van der Waals surface area contributed by atoms with Gasteiger partial charge in [-0.05, 0) is 96.0 Å². The van der Waals surface area contributed by atoms with E-state index in [-0.39, 0.29) is 24.5 Å². The second-order valence-electron chi connectivity index (χ2n) is 13.1. The lowest BCUT2D eigenvalue weighted by Crippen LogP contribution is -2.28. The quantitative estimate of drug-likeness (QED) is 0.0386. The predicted octanol–water partition coefficient (Wildman–Crippen LogP) is 12.6. The van der Waals surface area contributed by atoms with Crippen molar-refractivity contribution in [1.29, 1.82) is 0 Å². The number of amides is 1. The third kappa shape index (κ3) is 39.1. The van der Waals surface area contributed by atoms with Crippen LogP contribution in [0.15, 0.2) is 97.2 Å². The number of carbonyl (C=O) groups is 3. The standard InChI is InChI=1S/C46H73NO5/c1-3-5-7-9-11-13-15-16-17-18-19-20-21-22-24-26-28-33-37-41-46(51)52-43(38-34-30-27-25-23-14-12-10-8-6-4-2)39-35-31-29-32-36-40-44(48)47-42-45(49)50/h5-8,11-14,16-17,19-20,25,27,34,38,43H,3-4,9-10,15,18,21-24,26,28-33,35-37,39-42H2,1-2H3,(H,47,48)(H,49,50)/b7-5-,8-6-,13-11-,14-12-,17-16-,20-19-,27-25-,38-34-. The molecule has 0 aromatic rings. The van der Waals surface area contributed by atoms with Gasteiger partial charge in [0, 0.05) is 12.8 Å². The van der Waals surface area contributed by atoms with Crippen LogP contribution < -0.4 is 5.32 Å². The molecule has 292 valence electrons. The molecule has 1 unspecified atom stereocenters. The Morgan fingerprint density at radius 1 is 0.519 bits per heavy atom. The summed E-state index contributed by atoms with van der Waals surface area (Å²) in [5.41, 5.74) is 0. The Morgan fingerprint density at radius 3 is 1.46 bits per heavy atom. The van der Waals surface area contributed by atoms with Gasteiger partial charge in [-0.15, -0.1) is 0 Å². The van der Waals surface area contributed by atoms with Crippen molar-refractivity contribution in [3.8, 4) is 0 Å². The second kappa shape index (κ2) is 40.1. The second-order valence-corrected chi connectivity index (χ2v) is 13.1. The molecule has 0 aromatic heterocycles. The first kappa shape index (κ1) is 48.3. The average molecular weight is 720 g/mol. The zero-order valence-corrected chi connectivity index (χ0v) is 32.9. The Balaban J connectivity index is 4.30. The lowest BCUT2D eigenvalue weighted by molar-refractivity contribution is -0.147. The fraction of sp³-hybridized carbons (Fsp3) is 0.587. The lowest BCUT2D eigenvalue weighted by Gasteiger charge is -2.14. The Hall–Kier alpha value is -3.67. The molecule has 1 amide bonds. The minimum absolute atomic E-state index is 0.112. The Labute approximate surface area is 318 Å². The molecule has 0 bridgehead atoms. The molecule has 0 aliphatic heterocycles. The highest BCUT2D eigenvalue weighted by atomic mass is 16.5. The molecule has 0 aliphatic carbocycles. The van der Waals surface area contributed by atoms with Crippen molar-refractivity contribution < 1.29 is 24.2 Å². The van der Waals surface area contributed by atoms with Crippen molar-refractivity contribution in [3.63, 3.8) is 0 Å². The average Bonchev–Trinajstić information content (AvgIpc) is 3.13. The molecule has 0 aromatic carbocycles. The molecule has 6 heteroatoms. The number of carbonyl (C=O) groups excluding carboxylic acids is 2. The van der Waals surface area contributed by atoms with Gasteiger partial charge < -0.3 is 15.2 Å². The van der Waals surface area contributed by atoms with Gasteiger partial charge in [0.25, 0.3) is 0 Å². The summed E-state index contributed by atoms with van der Waals surface area (Å²) in [5, 5.41) is 11.1. The van der Waals surface area contributed by atoms with E-state index in [0.717, 1.165) is 116 Å². The molecule has 6 nitrogen and oxygen atoms in total. The molecule has 0 spiro atoms. The van der Waals surface area contributed by atoms with E-state index in [4.69, 9.17) is 9.84 Å². The maximum absolute atomic E-state index is 12.7. The number of nitrogens with one attached hydrogen (secondary N) is 1. The molecule has 52 heavy (non-hydrogen) atoms. The van der Waals surface area contributed by atoms with E-state index in [1.165, 1.54) is 19.3 Å². The SMILES string of the molecule is CC/C=C\C/C=C\C/C=C\C/C=C\CCCCCCCCC(=O)OC(/C=C\C/C=C\C/C=C\C/C=C\CC)CCCCCCCC(=O)NCC(=O)O. The molecule has 1 atom stereocenters. The lowest BCUT2D eigenvalue weighted by atomic mass is 10.1. The van der Waals surface area contributed by atoms with E-state index in [1.54, 1.807) is 0 Å². The first-order valence-corrected chi connectivity index (χ1v) is 20.4. The smallest absolute Gasteiger partial charge is 0.322 e. The molecule has 0 rings (SSSR count). The van der Waals surface area contributed by atoms with Gasteiger partial charge in [-0.1, -0.05) is 150 Å². The van der Waals surface area contributed by atoms with Crippen LogP contribution in [0.1, 0.15) is 162 Å². The molecule has 0 aliphatic rings. The summed E-state index contributed by atoms with van der Waals surface area (Å²) < 4.78 is 5.90. The number of carboxylic acids is 1. The van der Waals surface area contributed by atoms with Crippen molar-refractivity contribution in [2.24, 2.45) is 0 Å². The van der Waals surface area contributed by atoms with E-state index in [0.29, 0.717) is 12.8 Å². The van der Waals surface area contributed by atoms with E-state index in [2.05, 4.69) is 110 Å². The molecular formula is C46H73NO5. The summed E-state index contributed by atoms with van der Waals surface area (Å²) in [6.07, 6.45) is 56.8. The zero-order valence-electron chi connectivity index (χ0n) is 32.9. The third-order valence-corrected chi connectivity index (χ3v) is 8.24. The summed E-state index contributed by atoms with van der Waals surface area (Å²) >= 11 is 0. The van der Waals surface area contributed by atoms with Crippen LogP contribution in [0.3, 0.4) is 0 Å². The van der Waals surface area contributed by atoms with Crippen LogP contribution in [-0.2, 0) is 19.1 Å². The molecule has 0 saturated heterocycles. The van der Waals surface area contributed by atoms with Crippen LogP contribution in [0.4, 0.5) is 0 Å². The van der Waals surface area contributed by atoms with Gasteiger partial charge in [0.15, 0.2) is 0 Å². The molecule has 0 radical (unpaired) electrons. The van der Waals surface area contributed by atoms with Crippen molar-refractivity contribution in [1.82, 2.24) is 5.32 Å². The molecule has 0 heterocycles. The number of hydrogen-bond acceptors (Lipinski definition) is 4. The minimum Gasteiger partial charge on any atom is -0.480 e. The molecule has 0 saturated carbocycles. The van der Waals surface area contributed by atoms with Crippen LogP contribution >= 0.6 is 0 Å². The largest absolute Gasteiger partial charge is 0.480 e. The highest BCUT2D eigenvalue weighted by Crippen LogP contribution is 2.15. The molecule has 0 fully saturated rings. The number of allylic oxidation sites excluding steroid dienone is 15. The van der Waals surface area contributed by atoms with Crippen molar-refractivity contribution in [3.05, 3.63) is 97.2 Å². The number of unbranched alkanes of at least 4 members (excludes halogenated alkanes) is 10. The van der Waals surface area contributed by atoms with Crippen LogP contribution in [0, 0.1) is 0 Å². The fourth-order valence-electron chi connectivity index (χ4n) is 5.30. The number of aliphatic carboxylic acids is 1. The Kier molecular flexibility index (Phi) is 37.3.